The second-order valence-electron chi connectivity index (χ2n) is 5.10. The Morgan fingerprint density at radius 2 is 1.89 bits per heavy atom. The van der Waals surface area contributed by atoms with Crippen LogP contribution in [-0.2, 0) is 9.59 Å². The van der Waals surface area contributed by atoms with Crippen LogP contribution in [0.3, 0.4) is 0 Å². The molecule has 1 amide bonds. The number of carboxylic acids is 1. The van der Waals surface area contributed by atoms with Crippen LogP contribution in [0.25, 0.3) is 0 Å². The molecular weight excluding hydrogens is 232 g/mol. The minimum absolute atomic E-state index is 0.0732. The third kappa shape index (κ3) is 6.59. The molecule has 5 nitrogen and oxygen atoms in total. The second-order valence-corrected chi connectivity index (χ2v) is 5.10. The van der Waals surface area contributed by atoms with E-state index in [1.54, 1.807) is 0 Å². The summed E-state index contributed by atoms with van der Waals surface area (Å²) < 4.78 is 0. The van der Waals surface area contributed by atoms with E-state index in [9.17, 15) is 9.59 Å². The SMILES string of the molecule is CCC(C)(CC)CCNC(=O)[C@H](N)CCC(=O)O. The number of amides is 1. The molecule has 0 saturated heterocycles. The normalized spacial score (nSPS) is 13.1. The zero-order valence-electron chi connectivity index (χ0n) is 11.7. The summed E-state index contributed by atoms with van der Waals surface area (Å²) in [6.45, 7) is 7.08. The molecule has 5 heteroatoms. The van der Waals surface area contributed by atoms with Gasteiger partial charge in [-0.15, -0.1) is 0 Å². The molecule has 0 bridgehead atoms. The van der Waals surface area contributed by atoms with Crippen LogP contribution < -0.4 is 11.1 Å². The average Bonchev–Trinajstić information content (AvgIpc) is 2.35. The molecule has 0 aromatic carbocycles. The van der Waals surface area contributed by atoms with E-state index in [4.69, 9.17) is 10.8 Å². The van der Waals surface area contributed by atoms with Crippen molar-refractivity contribution in [2.45, 2.75) is 58.9 Å². The van der Waals surface area contributed by atoms with E-state index in [1.807, 2.05) is 0 Å². The van der Waals surface area contributed by atoms with Crippen molar-refractivity contribution >= 4 is 11.9 Å². The van der Waals surface area contributed by atoms with Gasteiger partial charge in [-0.05, 0) is 18.3 Å². The molecule has 0 aromatic rings. The fraction of sp³-hybridized carbons (Fsp3) is 0.846. The zero-order chi connectivity index (χ0) is 14.2. The molecule has 0 unspecified atom stereocenters. The van der Waals surface area contributed by atoms with Gasteiger partial charge in [0.25, 0.3) is 0 Å². The summed E-state index contributed by atoms with van der Waals surface area (Å²) in [7, 11) is 0. The number of nitrogens with two attached hydrogens (primary N) is 1. The minimum Gasteiger partial charge on any atom is -0.481 e. The van der Waals surface area contributed by atoms with E-state index < -0.39 is 12.0 Å². The molecule has 0 radical (unpaired) electrons. The quantitative estimate of drug-likeness (QED) is 0.584. The Morgan fingerprint density at radius 1 is 1.33 bits per heavy atom. The number of hydrogen-bond acceptors (Lipinski definition) is 3. The number of aliphatic carboxylic acids is 1. The van der Waals surface area contributed by atoms with Gasteiger partial charge in [0.2, 0.25) is 5.91 Å². The van der Waals surface area contributed by atoms with Gasteiger partial charge in [-0.25, -0.2) is 0 Å². The van der Waals surface area contributed by atoms with Gasteiger partial charge in [0.05, 0.1) is 6.04 Å². The van der Waals surface area contributed by atoms with Crippen LogP contribution in [0.5, 0.6) is 0 Å². The van der Waals surface area contributed by atoms with Gasteiger partial charge in [0.15, 0.2) is 0 Å². The Hall–Kier alpha value is -1.10. The summed E-state index contributed by atoms with van der Waals surface area (Å²) >= 11 is 0. The van der Waals surface area contributed by atoms with Crippen LogP contribution >= 0.6 is 0 Å². The summed E-state index contributed by atoms with van der Waals surface area (Å²) in [5, 5.41) is 11.3. The Bertz CT molecular complexity index is 275. The van der Waals surface area contributed by atoms with E-state index in [-0.39, 0.29) is 24.2 Å². The van der Waals surface area contributed by atoms with Gasteiger partial charge in [0.1, 0.15) is 0 Å². The predicted octanol–water partition coefficient (Wildman–Crippen LogP) is 1.51. The van der Waals surface area contributed by atoms with Gasteiger partial charge in [0, 0.05) is 13.0 Å². The standard InChI is InChI=1S/C13H26N2O3/c1-4-13(3,5-2)8-9-15-12(18)10(14)6-7-11(16)17/h10H,4-9,14H2,1-3H3,(H,15,18)(H,16,17)/t10-/m1/s1. The molecule has 0 aromatic heterocycles. The molecule has 4 N–H and O–H groups in total. The first-order chi connectivity index (χ1) is 8.34. The van der Waals surface area contributed by atoms with Crippen molar-refractivity contribution in [1.29, 1.82) is 0 Å². The fourth-order valence-electron chi connectivity index (χ4n) is 1.63. The molecule has 0 aliphatic rings. The molecule has 0 fully saturated rings. The molecule has 0 saturated carbocycles. The molecule has 0 spiro atoms. The Balaban J connectivity index is 3.92. The number of carbonyl (C=O) groups excluding carboxylic acids is 1. The highest BCUT2D eigenvalue weighted by atomic mass is 16.4. The fourth-order valence-corrected chi connectivity index (χ4v) is 1.63. The smallest absolute Gasteiger partial charge is 0.303 e. The van der Waals surface area contributed by atoms with Crippen LogP contribution in [0.2, 0.25) is 0 Å². The molecule has 0 aliphatic heterocycles. The maximum absolute atomic E-state index is 11.6. The van der Waals surface area contributed by atoms with Crippen molar-refractivity contribution in [3.05, 3.63) is 0 Å². The molecule has 106 valence electrons. The lowest BCUT2D eigenvalue weighted by molar-refractivity contribution is -0.137. The van der Waals surface area contributed by atoms with Crippen molar-refractivity contribution < 1.29 is 14.7 Å². The average molecular weight is 258 g/mol. The summed E-state index contributed by atoms with van der Waals surface area (Å²) in [5.41, 5.74) is 5.85. The van der Waals surface area contributed by atoms with Gasteiger partial charge < -0.3 is 16.2 Å². The maximum Gasteiger partial charge on any atom is 0.303 e. The van der Waals surface area contributed by atoms with Crippen LogP contribution in [0.15, 0.2) is 0 Å². The predicted molar refractivity (Wildman–Crippen MR) is 71.2 cm³/mol. The summed E-state index contributed by atoms with van der Waals surface area (Å²) in [6, 6.07) is -0.726. The summed E-state index contributed by atoms with van der Waals surface area (Å²) in [6.07, 6.45) is 3.17. The lowest BCUT2D eigenvalue weighted by Gasteiger charge is -2.26. The van der Waals surface area contributed by atoms with Crippen LogP contribution in [0, 0.1) is 5.41 Å². The maximum atomic E-state index is 11.6. The van der Waals surface area contributed by atoms with E-state index in [0.717, 1.165) is 19.3 Å². The first-order valence-corrected chi connectivity index (χ1v) is 6.59. The topological polar surface area (TPSA) is 92.4 Å². The molecule has 0 aliphatic carbocycles. The van der Waals surface area contributed by atoms with E-state index >= 15 is 0 Å². The van der Waals surface area contributed by atoms with Gasteiger partial charge >= 0.3 is 5.97 Å². The highest BCUT2D eigenvalue weighted by Gasteiger charge is 2.20. The van der Waals surface area contributed by atoms with Crippen LogP contribution in [0.4, 0.5) is 0 Å². The van der Waals surface area contributed by atoms with Crippen molar-refractivity contribution in [2.75, 3.05) is 6.54 Å². The van der Waals surface area contributed by atoms with E-state index in [2.05, 4.69) is 26.1 Å². The number of nitrogens with one attached hydrogen (secondary N) is 1. The highest BCUT2D eigenvalue weighted by Crippen LogP contribution is 2.28. The summed E-state index contributed by atoms with van der Waals surface area (Å²) in [5.74, 6) is -1.19. The largest absolute Gasteiger partial charge is 0.481 e. The Kier molecular flexibility index (Phi) is 7.59. The lowest BCUT2D eigenvalue weighted by atomic mass is 9.81. The first kappa shape index (κ1) is 16.9. The van der Waals surface area contributed by atoms with E-state index in [0.29, 0.717) is 6.54 Å². The summed E-state index contributed by atoms with van der Waals surface area (Å²) in [4.78, 5) is 22.0. The number of rotatable bonds is 9. The number of hydrogen-bond donors (Lipinski definition) is 3. The third-order valence-corrected chi connectivity index (χ3v) is 3.74. The Labute approximate surface area is 109 Å². The van der Waals surface area contributed by atoms with Gasteiger partial charge in [-0.2, -0.15) is 0 Å². The van der Waals surface area contributed by atoms with Gasteiger partial charge in [-0.1, -0.05) is 33.6 Å². The van der Waals surface area contributed by atoms with Crippen molar-refractivity contribution in [2.24, 2.45) is 11.1 Å². The second kappa shape index (κ2) is 8.08. The van der Waals surface area contributed by atoms with Crippen molar-refractivity contribution in [1.82, 2.24) is 5.32 Å². The van der Waals surface area contributed by atoms with Crippen LogP contribution in [0.1, 0.15) is 52.9 Å². The zero-order valence-corrected chi connectivity index (χ0v) is 11.7. The molecule has 1 atom stereocenters. The number of carboxylic acid groups (broad SMARTS) is 1. The highest BCUT2D eigenvalue weighted by molar-refractivity contribution is 5.82. The van der Waals surface area contributed by atoms with Crippen molar-refractivity contribution in [3.63, 3.8) is 0 Å². The Morgan fingerprint density at radius 3 is 2.33 bits per heavy atom. The molecule has 0 rings (SSSR count). The van der Waals surface area contributed by atoms with Crippen molar-refractivity contribution in [3.8, 4) is 0 Å². The molecule has 0 heterocycles. The third-order valence-electron chi connectivity index (χ3n) is 3.74. The first-order valence-electron chi connectivity index (χ1n) is 6.59. The minimum atomic E-state index is -0.928. The van der Waals surface area contributed by atoms with E-state index in [1.165, 1.54) is 0 Å². The molecule has 18 heavy (non-hydrogen) atoms. The number of carbonyl (C=O) groups is 2. The molecular formula is C13H26N2O3. The van der Waals surface area contributed by atoms with Crippen LogP contribution in [-0.4, -0.2) is 29.6 Å². The lowest BCUT2D eigenvalue weighted by Crippen LogP contribution is -2.42. The monoisotopic (exact) mass is 258 g/mol. The van der Waals surface area contributed by atoms with Gasteiger partial charge in [-0.3, -0.25) is 9.59 Å².